The van der Waals surface area contributed by atoms with E-state index in [4.69, 9.17) is 0 Å². The molecule has 0 amide bonds. The normalized spacial score (nSPS) is 0. The summed E-state index contributed by atoms with van der Waals surface area (Å²) in [6, 6.07) is 0. The first-order valence-electron chi connectivity index (χ1n) is 0. The molecule has 0 aliphatic rings. The maximum absolute atomic E-state index is 0. The summed E-state index contributed by atoms with van der Waals surface area (Å²) in [6.07, 6.45) is 0. The van der Waals surface area contributed by atoms with Gasteiger partial charge in [-0.3, -0.25) is 0 Å². The van der Waals surface area contributed by atoms with Crippen LogP contribution in [-0.4, -0.2) is 55.2 Å². The standard InChI is InChI=1S/Ag.In.H2O.Sn.5H/h;;1H2;;;;;;. The first-order valence-corrected chi connectivity index (χ1v) is 0. The molecule has 0 unspecified atom stereocenters. The summed E-state index contributed by atoms with van der Waals surface area (Å²) < 4.78 is 0. The Balaban J connectivity index is 0. The summed E-state index contributed by atoms with van der Waals surface area (Å²) in [5.74, 6) is 0. The Hall–Kier alpha value is 2.37. The fourth-order valence-corrected chi connectivity index (χ4v) is 0. The van der Waals surface area contributed by atoms with E-state index in [1.807, 2.05) is 0 Å². The predicted molar refractivity (Wildman–Crippen MR) is 22.1 cm³/mol. The third kappa shape index (κ3) is 8.84. The summed E-state index contributed by atoms with van der Waals surface area (Å²) in [6.45, 7) is 0. The van der Waals surface area contributed by atoms with Crippen molar-refractivity contribution in [2.45, 2.75) is 0 Å². The molecule has 0 aliphatic carbocycles. The number of hydrogen-bond donors (Lipinski definition) is 0. The van der Waals surface area contributed by atoms with Gasteiger partial charge in [-0.15, -0.1) is 0 Å². The van der Waals surface area contributed by atoms with E-state index in [1.54, 1.807) is 0 Å². The van der Waals surface area contributed by atoms with Crippen LogP contribution >= 0.6 is 0 Å². The summed E-state index contributed by atoms with van der Waals surface area (Å²) >= 11 is 0. The van der Waals surface area contributed by atoms with Gasteiger partial charge in [0.25, 0.3) is 0 Å². The van der Waals surface area contributed by atoms with Gasteiger partial charge in [0.15, 0.2) is 0 Å². The van der Waals surface area contributed by atoms with E-state index < -0.39 is 0 Å². The first kappa shape index (κ1) is 32.7. The molecule has 0 aromatic carbocycles. The van der Waals surface area contributed by atoms with Crippen LogP contribution in [0.25, 0.3) is 0 Å². The average Bonchev–Trinajstić information content (AvgIpc) is 0. The minimum absolute atomic E-state index is 0. The Labute approximate surface area is 76.5 Å². The number of rotatable bonds is 0. The van der Waals surface area contributed by atoms with Crippen LogP contribution < -0.4 is 0 Å². The fraction of sp³-hybridized carbons (Fsp3) is 0. The van der Waals surface area contributed by atoms with Crippen molar-refractivity contribution in [1.29, 1.82) is 0 Å². The third-order valence-corrected chi connectivity index (χ3v) is 0. The molecule has 0 aromatic heterocycles. The molecule has 0 bridgehead atoms. The van der Waals surface area contributed by atoms with Crippen molar-refractivity contribution >= 4 is 49.8 Å². The molecule has 0 saturated carbocycles. The molecule has 0 aromatic rings. The summed E-state index contributed by atoms with van der Waals surface area (Å²) in [7, 11) is 0. The quantitative estimate of drug-likeness (QED) is 0.413. The Morgan fingerprint density at radius 1 is 1.00 bits per heavy atom. The predicted octanol–water partition coefficient (Wildman–Crippen LogP) is -2.93. The van der Waals surface area contributed by atoms with Crippen LogP contribution in [0.2, 0.25) is 0 Å². The topological polar surface area (TPSA) is 31.5 Å². The molecule has 2 N–H and O–H groups in total. The number of hydrogen-bond acceptors (Lipinski definition) is 0. The molecule has 0 fully saturated rings. The van der Waals surface area contributed by atoms with Crippen LogP contribution in [-0.2, 0) is 22.4 Å². The second kappa shape index (κ2) is 18.3. The van der Waals surface area contributed by atoms with Gasteiger partial charge < -0.3 is 5.48 Å². The van der Waals surface area contributed by atoms with Crippen molar-refractivity contribution < 1.29 is 27.9 Å². The Bertz CT molecular complexity index is 8.00. The molecule has 1 nitrogen and oxygen atoms in total. The van der Waals surface area contributed by atoms with E-state index in [-0.39, 0.29) is 77.6 Å². The molecule has 0 heterocycles. The molecule has 31 valence electrons. The van der Waals surface area contributed by atoms with E-state index in [0.29, 0.717) is 0 Å². The van der Waals surface area contributed by atoms with Crippen molar-refractivity contribution in [1.82, 2.24) is 0 Å². The molecule has 0 rings (SSSR count). The summed E-state index contributed by atoms with van der Waals surface area (Å²) in [5.41, 5.74) is 0. The SMILES string of the molecule is O.[Ag].[InH3].[SnH2]. The molecule has 0 atom stereocenters. The molecular weight excluding hydrogens is 357 g/mol. The van der Waals surface area contributed by atoms with Crippen molar-refractivity contribution in [2.24, 2.45) is 0 Å². The van der Waals surface area contributed by atoms with Gasteiger partial charge in [0.2, 0.25) is 0 Å². The van der Waals surface area contributed by atoms with Gasteiger partial charge in [-0.1, -0.05) is 0 Å². The van der Waals surface area contributed by atoms with Crippen molar-refractivity contribution in [3.8, 4) is 0 Å². The second-order valence-corrected chi connectivity index (χ2v) is 0. The van der Waals surface area contributed by atoms with Gasteiger partial charge in [0.05, 0.1) is 0 Å². The van der Waals surface area contributed by atoms with Crippen LogP contribution in [0.15, 0.2) is 0 Å². The summed E-state index contributed by atoms with van der Waals surface area (Å²) in [4.78, 5) is 0. The Morgan fingerprint density at radius 3 is 1.00 bits per heavy atom. The second-order valence-electron chi connectivity index (χ2n) is 0. The van der Waals surface area contributed by atoms with Gasteiger partial charge >= 0.3 is 49.8 Å². The zero-order valence-corrected chi connectivity index (χ0v) is 7.03. The van der Waals surface area contributed by atoms with E-state index in [2.05, 4.69) is 0 Å². The van der Waals surface area contributed by atoms with Crippen molar-refractivity contribution in [2.75, 3.05) is 0 Å². The van der Waals surface area contributed by atoms with Gasteiger partial charge in [0, 0.05) is 22.4 Å². The monoisotopic (exact) mass is 365 g/mol. The molecule has 0 spiro atoms. The third-order valence-electron chi connectivity index (χ3n) is 0. The minimum atomic E-state index is 0. The van der Waals surface area contributed by atoms with Crippen LogP contribution in [0.5, 0.6) is 0 Å². The van der Waals surface area contributed by atoms with Gasteiger partial charge in [-0.25, -0.2) is 0 Å². The average molecular weight is 364 g/mol. The zero-order valence-electron chi connectivity index (χ0n) is 1.51. The molecule has 4 heavy (non-hydrogen) atoms. The van der Waals surface area contributed by atoms with E-state index in [9.17, 15) is 0 Å². The summed E-state index contributed by atoms with van der Waals surface area (Å²) in [5, 5.41) is 0. The Morgan fingerprint density at radius 2 is 1.00 bits per heavy atom. The van der Waals surface area contributed by atoms with Gasteiger partial charge in [-0.05, 0) is 0 Å². The molecule has 3 radical (unpaired) electrons. The van der Waals surface area contributed by atoms with E-state index >= 15 is 0 Å². The van der Waals surface area contributed by atoms with Crippen molar-refractivity contribution in [3.05, 3.63) is 0 Å². The molecular formula is H7AgInOSn. The molecule has 0 aliphatic heterocycles. The molecule has 0 saturated heterocycles. The van der Waals surface area contributed by atoms with Crippen molar-refractivity contribution in [3.63, 3.8) is 0 Å². The van der Waals surface area contributed by atoms with E-state index in [0.717, 1.165) is 0 Å². The van der Waals surface area contributed by atoms with Crippen LogP contribution in [0, 0.1) is 0 Å². The zero-order chi connectivity index (χ0) is 0. The van der Waals surface area contributed by atoms with Crippen LogP contribution in [0.4, 0.5) is 0 Å². The van der Waals surface area contributed by atoms with Crippen LogP contribution in [0.1, 0.15) is 0 Å². The fourth-order valence-electron chi connectivity index (χ4n) is 0. The van der Waals surface area contributed by atoms with Crippen LogP contribution in [0.3, 0.4) is 0 Å². The molecule has 4 heteroatoms. The van der Waals surface area contributed by atoms with Gasteiger partial charge in [0.1, 0.15) is 0 Å². The first-order chi connectivity index (χ1) is 0. The van der Waals surface area contributed by atoms with E-state index in [1.165, 1.54) is 0 Å². The Kier molecular flexibility index (Phi) is 149. The van der Waals surface area contributed by atoms with Gasteiger partial charge in [-0.2, -0.15) is 0 Å². The maximum atomic E-state index is 0.